The summed E-state index contributed by atoms with van der Waals surface area (Å²) < 4.78 is 10.4. The van der Waals surface area contributed by atoms with Gasteiger partial charge in [0.05, 0.1) is 18.7 Å². The standard InChI is InChI=1S/C24H20N2O4/c1-29-24(28)20-9-5-8-19(14-20)23(27)26-22(15-25)18-10-12-21(13-11-18)30-16-17-6-3-2-4-7-17/h2-14,22H,16H2,1H3,(H,26,27). The lowest BCUT2D eigenvalue weighted by Crippen LogP contribution is -2.27. The third kappa shape index (κ3) is 5.24. The Bertz CT molecular complexity index is 1060. The zero-order chi connectivity index (χ0) is 21.3. The predicted octanol–water partition coefficient (Wildman–Crippen LogP) is 4.05. The van der Waals surface area contributed by atoms with Crippen molar-refractivity contribution in [2.24, 2.45) is 0 Å². The van der Waals surface area contributed by atoms with Crippen LogP contribution in [0.5, 0.6) is 5.75 Å². The van der Waals surface area contributed by atoms with E-state index in [1.54, 1.807) is 42.5 Å². The van der Waals surface area contributed by atoms with Crippen molar-refractivity contribution < 1.29 is 19.1 Å². The van der Waals surface area contributed by atoms with E-state index in [0.29, 0.717) is 17.9 Å². The van der Waals surface area contributed by atoms with Crippen molar-refractivity contribution in [3.05, 3.63) is 101 Å². The Morgan fingerprint density at radius 2 is 1.67 bits per heavy atom. The average molecular weight is 400 g/mol. The number of amides is 1. The van der Waals surface area contributed by atoms with Crippen LogP contribution in [0.3, 0.4) is 0 Å². The number of esters is 1. The monoisotopic (exact) mass is 400 g/mol. The Labute approximate surface area is 174 Å². The van der Waals surface area contributed by atoms with Crippen LogP contribution in [-0.2, 0) is 11.3 Å². The minimum absolute atomic E-state index is 0.263. The molecule has 30 heavy (non-hydrogen) atoms. The van der Waals surface area contributed by atoms with Gasteiger partial charge in [0, 0.05) is 5.56 Å². The molecule has 1 unspecified atom stereocenters. The van der Waals surface area contributed by atoms with E-state index in [4.69, 9.17) is 4.74 Å². The summed E-state index contributed by atoms with van der Waals surface area (Å²) in [4.78, 5) is 24.2. The number of benzene rings is 3. The fourth-order valence-electron chi connectivity index (χ4n) is 2.81. The summed E-state index contributed by atoms with van der Waals surface area (Å²) in [6.45, 7) is 0.440. The lowest BCUT2D eigenvalue weighted by atomic mass is 10.1. The topological polar surface area (TPSA) is 88.4 Å². The SMILES string of the molecule is COC(=O)c1cccc(C(=O)NC(C#N)c2ccc(OCc3ccccc3)cc2)c1. The number of hydrogen-bond donors (Lipinski definition) is 1. The molecule has 0 radical (unpaired) electrons. The number of nitrogens with zero attached hydrogens (tertiary/aromatic N) is 1. The summed E-state index contributed by atoms with van der Waals surface area (Å²) in [5, 5.41) is 12.2. The van der Waals surface area contributed by atoms with Gasteiger partial charge in [0.25, 0.3) is 5.91 Å². The number of rotatable bonds is 7. The molecule has 0 aliphatic carbocycles. The molecule has 0 fully saturated rings. The molecule has 6 heteroatoms. The quantitative estimate of drug-likeness (QED) is 0.605. The van der Waals surface area contributed by atoms with Crippen molar-refractivity contribution in [1.82, 2.24) is 5.32 Å². The van der Waals surface area contributed by atoms with E-state index < -0.39 is 17.9 Å². The number of ether oxygens (including phenoxy) is 2. The van der Waals surface area contributed by atoms with Crippen molar-refractivity contribution in [3.8, 4) is 11.8 Å². The minimum atomic E-state index is -0.845. The first kappa shape index (κ1) is 20.6. The van der Waals surface area contributed by atoms with Crippen LogP contribution in [0.1, 0.15) is 37.9 Å². The molecule has 0 aliphatic rings. The summed E-state index contributed by atoms with van der Waals surface area (Å²) in [6.07, 6.45) is 0. The van der Waals surface area contributed by atoms with Crippen LogP contribution in [0, 0.1) is 11.3 Å². The summed E-state index contributed by atoms with van der Waals surface area (Å²) >= 11 is 0. The van der Waals surface area contributed by atoms with Crippen molar-refractivity contribution in [1.29, 1.82) is 5.26 Å². The van der Waals surface area contributed by atoms with Crippen LogP contribution in [0.4, 0.5) is 0 Å². The van der Waals surface area contributed by atoms with Gasteiger partial charge in [-0.05, 0) is 41.5 Å². The summed E-state index contributed by atoms with van der Waals surface area (Å²) in [7, 11) is 1.27. The van der Waals surface area contributed by atoms with E-state index in [9.17, 15) is 14.9 Å². The summed E-state index contributed by atoms with van der Waals surface area (Å²) in [6, 6.07) is 24.1. The van der Waals surface area contributed by atoms with Gasteiger partial charge >= 0.3 is 5.97 Å². The summed E-state index contributed by atoms with van der Waals surface area (Å²) in [5.74, 6) is -0.333. The van der Waals surface area contributed by atoms with Gasteiger partial charge in [-0.1, -0.05) is 48.5 Å². The van der Waals surface area contributed by atoms with E-state index in [-0.39, 0.29) is 11.1 Å². The zero-order valence-corrected chi connectivity index (χ0v) is 16.4. The maximum atomic E-state index is 12.5. The van der Waals surface area contributed by atoms with E-state index >= 15 is 0 Å². The molecule has 0 heterocycles. The zero-order valence-electron chi connectivity index (χ0n) is 16.4. The van der Waals surface area contributed by atoms with Gasteiger partial charge in [-0.15, -0.1) is 0 Å². The molecule has 0 bridgehead atoms. The molecule has 150 valence electrons. The highest BCUT2D eigenvalue weighted by atomic mass is 16.5. The fourth-order valence-corrected chi connectivity index (χ4v) is 2.81. The number of nitrogens with one attached hydrogen (secondary N) is 1. The van der Waals surface area contributed by atoms with Gasteiger partial charge in [0.15, 0.2) is 0 Å². The van der Waals surface area contributed by atoms with Gasteiger partial charge in [0.1, 0.15) is 18.4 Å². The Morgan fingerprint density at radius 1 is 0.967 bits per heavy atom. The van der Waals surface area contributed by atoms with Gasteiger partial charge in [-0.3, -0.25) is 4.79 Å². The maximum absolute atomic E-state index is 12.5. The molecule has 0 saturated heterocycles. The molecule has 3 rings (SSSR count). The van der Waals surface area contributed by atoms with Crippen LogP contribution in [0.2, 0.25) is 0 Å². The lowest BCUT2D eigenvalue weighted by molar-refractivity contribution is 0.0600. The Hall–Kier alpha value is -4.11. The highest BCUT2D eigenvalue weighted by molar-refractivity contribution is 5.98. The van der Waals surface area contributed by atoms with Crippen LogP contribution in [0.25, 0.3) is 0 Å². The number of carbonyl (C=O) groups is 2. The molecule has 0 aromatic heterocycles. The molecular formula is C24H20N2O4. The van der Waals surface area contributed by atoms with Crippen molar-refractivity contribution in [3.63, 3.8) is 0 Å². The Morgan fingerprint density at radius 3 is 2.33 bits per heavy atom. The number of hydrogen-bond acceptors (Lipinski definition) is 5. The predicted molar refractivity (Wildman–Crippen MR) is 111 cm³/mol. The minimum Gasteiger partial charge on any atom is -0.489 e. The van der Waals surface area contributed by atoms with E-state index in [2.05, 4.69) is 16.1 Å². The first-order chi connectivity index (χ1) is 14.6. The molecule has 6 nitrogen and oxygen atoms in total. The molecule has 1 amide bonds. The van der Waals surface area contributed by atoms with Crippen molar-refractivity contribution in [2.45, 2.75) is 12.6 Å². The molecule has 0 saturated carbocycles. The van der Waals surface area contributed by atoms with Crippen LogP contribution >= 0.6 is 0 Å². The maximum Gasteiger partial charge on any atom is 0.337 e. The van der Waals surface area contributed by atoms with Gasteiger partial charge in [-0.25, -0.2) is 4.79 Å². The van der Waals surface area contributed by atoms with Crippen LogP contribution in [0.15, 0.2) is 78.9 Å². The first-order valence-electron chi connectivity index (χ1n) is 9.26. The smallest absolute Gasteiger partial charge is 0.337 e. The van der Waals surface area contributed by atoms with E-state index in [1.807, 2.05) is 30.3 Å². The molecule has 0 aliphatic heterocycles. The lowest BCUT2D eigenvalue weighted by Gasteiger charge is -2.13. The molecule has 1 N–H and O–H groups in total. The van der Waals surface area contributed by atoms with E-state index in [1.165, 1.54) is 13.2 Å². The van der Waals surface area contributed by atoms with Gasteiger partial charge < -0.3 is 14.8 Å². The van der Waals surface area contributed by atoms with Gasteiger partial charge in [0.2, 0.25) is 0 Å². The summed E-state index contributed by atoms with van der Waals surface area (Å²) in [5.41, 5.74) is 2.21. The number of methoxy groups -OCH3 is 1. The third-order valence-corrected chi connectivity index (χ3v) is 4.41. The molecule has 3 aromatic rings. The van der Waals surface area contributed by atoms with Gasteiger partial charge in [-0.2, -0.15) is 5.26 Å². The largest absolute Gasteiger partial charge is 0.489 e. The molecular weight excluding hydrogens is 380 g/mol. The van der Waals surface area contributed by atoms with Crippen LogP contribution in [-0.4, -0.2) is 19.0 Å². The second kappa shape index (κ2) is 9.89. The fraction of sp³-hybridized carbons (Fsp3) is 0.125. The Balaban J connectivity index is 1.65. The molecule has 3 aromatic carbocycles. The normalized spacial score (nSPS) is 11.1. The highest BCUT2D eigenvalue weighted by Crippen LogP contribution is 2.19. The van der Waals surface area contributed by atoms with Crippen LogP contribution < -0.4 is 10.1 Å². The van der Waals surface area contributed by atoms with E-state index in [0.717, 1.165) is 5.56 Å². The molecule has 0 spiro atoms. The second-order valence-electron chi connectivity index (χ2n) is 6.45. The first-order valence-corrected chi connectivity index (χ1v) is 9.26. The number of nitriles is 1. The third-order valence-electron chi connectivity index (χ3n) is 4.41. The second-order valence-corrected chi connectivity index (χ2v) is 6.45. The Kier molecular flexibility index (Phi) is 6.80. The number of carbonyl (C=O) groups excluding carboxylic acids is 2. The van der Waals surface area contributed by atoms with Crippen molar-refractivity contribution in [2.75, 3.05) is 7.11 Å². The highest BCUT2D eigenvalue weighted by Gasteiger charge is 2.17. The average Bonchev–Trinajstić information content (AvgIpc) is 2.81. The van der Waals surface area contributed by atoms with Crippen molar-refractivity contribution >= 4 is 11.9 Å². The molecule has 1 atom stereocenters.